The molecular formula is C26H26N4O2. The molecule has 1 fully saturated rings. The average molecular weight is 427 g/mol. The summed E-state index contributed by atoms with van der Waals surface area (Å²) in [4.78, 5) is 29.5. The fraction of sp³-hybridized carbons (Fsp3) is 0.231. The molecule has 1 saturated heterocycles. The van der Waals surface area contributed by atoms with E-state index in [0.29, 0.717) is 6.42 Å². The van der Waals surface area contributed by atoms with Crippen molar-refractivity contribution in [3.05, 3.63) is 95.5 Å². The number of nitrogens with zero attached hydrogens (tertiary/aromatic N) is 4. The summed E-state index contributed by atoms with van der Waals surface area (Å²) in [5, 5.41) is 1.10. The summed E-state index contributed by atoms with van der Waals surface area (Å²) in [6.45, 7) is 4.48. The van der Waals surface area contributed by atoms with Gasteiger partial charge in [-0.25, -0.2) is 0 Å². The maximum atomic E-state index is 12.7. The maximum absolute atomic E-state index is 12.7. The molecule has 0 saturated carbocycles. The minimum absolute atomic E-state index is 0.0312. The number of anilines is 1. The molecule has 4 aromatic rings. The van der Waals surface area contributed by atoms with E-state index in [1.807, 2.05) is 54.7 Å². The highest BCUT2D eigenvalue weighted by molar-refractivity contribution is 5.92. The molecule has 3 heterocycles. The van der Waals surface area contributed by atoms with Crippen LogP contribution in [0.25, 0.3) is 16.6 Å². The van der Waals surface area contributed by atoms with Gasteiger partial charge in [-0.2, -0.15) is 0 Å². The van der Waals surface area contributed by atoms with Crippen LogP contribution in [0.5, 0.6) is 0 Å². The van der Waals surface area contributed by atoms with Crippen LogP contribution in [0.2, 0.25) is 0 Å². The molecule has 6 heteroatoms. The zero-order valence-corrected chi connectivity index (χ0v) is 17.9. The lowest BCUT2D eigenvalue weighted by Crippen LogP contribution is -2.47. The van der Waals surface area contributed by atoms with Crippen LogP contribution >= 0.6 is 0 Å². The molecule has 1 aliphatic heterocycles. The first kappa shape index (κ1) is 20.3. The summed E-state index contributed by atoms with van der Waals surface area (Å²) in [6.07, 6.45) is 4.17. The van der Waals surface area contributed by atoms with Gasteiger partial charge in [-0.3, -0.25) is 23.6 Å². The molecule has 2 aromatic carbocycles. The fourth-order valence-corrected chi connectivity index (χ4v) is 4.37. The number of fused-ring (bicyclic) bond motifs is 1. The van der Waals surface area contributed by atoms with Gasteiger partial charge in [0.2, 0.25) is 5.91 Å². The van der Waals surface area contributed by atoms with Crippen LogP contribution < -0.4 is 10.5 Å². The van der Waals surface area contributed by atoms with Gasteiger partial charge >= 0.3 is 0 Å². The third kappa shape index (κ3) is 4.09. The number of carbonyl (C=O) groups is 1. The van der Waals surface area contributed by atoms with E-state index in [-0.39, 0.29) is 11.5 Å². The van der Waals surface area contributed by atoms with E-state index >= 15 is 0 Å². The summed E-state index contributed by atoms with van der Waals surface area (Å²) >= 11 is 0. The lowest BCUT2D eigenvalue weighted by molar-refractivity contribution is 0.0887. The molecule has 0 atom stereocenters. The molecular weight excluding hydrogens is 400 g/mol. The molecule has 1 aliphatic rings. The third-order valence-corrected chi connectivity index (χ3v) is 6.20. The Morgan fingerprint density at radius 3 is 2.25 bits per heavy atom. The van der Waals surface area contributed by atoms with Gasteiger partial charge in [0, 0.05) is 74.4 Å². The Hall–Kier alpha value is -3.64. The lowest BCUT2D eigenvalue weighted by Gasteiger charge is -2.36. The van der Waals surface area contributed by atoms with E-state index in [9.17, 15) is 9.59 Å². The molecule has 0 bridgehead atoms. The summed E-state index contributed by atoms with van der Waals surface area (Å²) in [6, 6.07) is 23.3. The number of carbonyl (C=O) groups excluding carboxylic acids is 1. The van der Waals surface area contributed by atoms with Crippen molar-refractivity contribution in [1.29, 1.82) is 0 Å². The van der Waals surface area contributed by atoms with Gasteiger partial charge in [0.05, 0.1) is 5.52 Å². The predicted octanol–water partition coefficient (Wildman–Crippen LogP) is 3.64. The minimum atomic E-state index is -0.0312. The van der Waals surface area contributed by atoms with Crippen LogP contribution in [-0.4, -0.2) is 52.7 Å². The molecule has 0 amide bonds. The van der Waals surface area contributed by atoms with Crippen molar-refractivity contribution in [1.82, 2.24) is 14.0 Å². The predicted molar refractivity (Wildman–Crippen MR) is 128 cm³/mol. The van der Waals surface area contributed by atoms with Crippen molar-refractivity contribution in [3.63, 3.8) is 0 Å². The summed E-state index contributed by atoms with van der Waals surface area (Å²) < 4.78 is 3.41. The van der Waals surface area contributed by atoms with E-state index in [1.165, 1.54) is 0 Å². The molecule has 0 radical (unpaired) electrons. The zero-order chi connectivity index (χ0) is 21.9. The summed E-state index contributed by atoms with van der Waals surface area (Å²) in [5.74, 6) is 0.139. The van der Waals surface area contributed by atoms with E-state index in [4.69, 9.17) is 0 Å². The van der Waals surface area contributed by atoms with E-state index in [1.54, 1.807) is 27.5 Å². The Morgan fingerprint density at radius 1 is 0.750 bits per heavy atom. The van der Waals surface area contributed by atoms with Gasteiger partial charge < -0.3 is 4.90 Å². The lowest BCUT2D eigenvalue weighted by atomic mass is 10.2. The van der Waals surface area contributed by atoms with Crippen LogP contribution in [0, 0.1) is 0 Å². The number of pyridine rings is 1. The van der Waals surface area contributed by atoms with Crippen molar-refractivity contribution in [2.24, 2.45) is 0 Å². The van der Waals surface area contributed by atoms with Gasteiger partial charge in [0.1, 0.15) is 0 Å². The standard InChI is InChI=1S/C26H26N4O2/c31-25-7-3-4-14-29(25)23-10-8-22(9-11-23)28-19-17-27(18-20-28)15-13-26(32)30-16-12-21-5-1-2-6-24(21)30/h1-12,14,16H,13,15,17-20H2. The zero-order valence-electron chi connectivity index (χ0n) is 17.9. The number of rotatable bonds is 5. The largest absolute Gasteiger partial charge is 0.369 e. The number of para-hydroxylation sites is 1. The molecule has 162 valence electrons. The van der Waals surface area contributed by atoms with Crippen molar-refractivity contribution in [2.75, 3.05) is 37.6 Å². The maximum Gasteiger partial charge on any atom is 0.255 e. The first-order valence-electron chi connectivity index (χ1n) is 11.0. The molecule has 6 nitrogen and oxygen atoms in total. The highest BCUT2D eigenvalue weighted by atomic mass is 16.2. The molecule has 0 aliphatic carbocycles. The SMILES string of the molecule is O=C(CCN1CCN(c2ccc(-n3ccccc3=O)cc2)CC1)n1ccc2ccccc21. The van der Waals surface area contributed by atoms with Crippen LogP contribution in [0.15, 0.2) is 90.0 Å². The Labute approximate surface area is 186 Å². The van der Waals surface area contributed by atoms with Crippen LogP contribution in [0.1, 0.15) is 11.2 Å². The van der Waals surface area contributed by atoms with Crippen molar-refractivity contribution >= 4 is 22.5 Å². The van der Waals surface area contributed by atoms with Gasteiger partial charge in [0.25, 0.3) is 5.56 Å². The first-order chi connectivity index (χ1) is 15.7. The second-order valence-corrected chi connectivity index (χ2v) is 8.14. The fourth-order valence-electron chi connectivity index (χ4n) is 4.37. The van der Waals surface area contributed by atoms with Crippen molar-refractivity contribution < 1.29 is 4.79 Å². The molecule has 0 unspecified atom stereocenters. The van der Waals surface area contributed by atoms with E-state index in [0.717, 1.165) is 55.0 Å². The van der Waals surface area contributed by atoms with Gasteiger partial charge in [-0.1, -0.05) is 24.3 Å². The number of hydrogen-bond donors (Lipinski definition) is 0. The normalized spacial score (nSPS) is 14.7. The average Bonchev–Trinajstić information content (AvgIpc) is 3.28. The van der Waals surface area contributed by atoms with Gasteiger partial charge in [-0.15, -0.1) is 0 Å². The monoisotopic (exact) mass is 426 g/mol. The van der Waals surface area contributed by atoms with Gasteiger partial charge in [0.15, 0.2) is 0 Å². The second-order valence-electron chi connectivity index (χ2n) is 8.14. The van der Waals surface area contributed by atoms with Crippen LogP contribution in [0.4, 0.5) is 5.69 Å². The topological polar surface area (TPSA) is 50.5 Å². The number of piperazine rings is 1. The smallest absolute Gasteiger partial charge is 0.255 e. The quantitative estimate of drug-likeness (QED) is 0.489. The number of hydrogen-bond acceptors (Lipinski definition) is 4. The molecule has 0 spiro atoms. The molecule has 5 rings (SSSR count). The van der Waals surface area contributed by atoms with Crippen molar-refractivity contribution in [2.45, 2.75) is 6.42 Å². The summed E-state index contributed by atoms with van der Waals surface area (Å²) in [7, 11) is 0. The first-order valence-corrected chi connectivity index (χ1v) is 11.0. The highest BCUT2D eigenvalue weighted by Gasteiger charge is 2.18. The Bertz CT molecular complexity index is 1280. The number of aromatic nitrogens is 2. The molecule has 32 heavy (non-hydrogen) atoms. The molecule has 2 aromatic heterocycles. The Balaban J connectivity index is 1.15. The summed E-state index contributed by atoms with van der Waals surface area (Å²) in [5.41, 5.74) is 2.97. The van der Waals surface area contributed by atoms with E-state index in [2.05, 4.69) is 21.9 Å². The van der Waals surface area contributed by atoms with Crippen LogP contribution in [0.3, 0.4) is 0 Å². The van der Waals surface area contributed by atoms with E-state index < -0.39 is 0 Å². The van der Waals surface area contributed by atoms with Crippen LogP contribution in [-0.2, 0) is 0 Å². The van der Waals surface area contributed by atoms with Gasteiger partial charge in [-0.05, 0) is 42.5 Å². The third-order valence-electron chi connectivity index (χ3n) is 6.20. The second kappa shape index (κ2) is 8.85. The Kier molecular flexibility index (Phi) is 5.60. The highest BCUT2D eigenvalue weighted by Crippen LogP contribution is 2.19. The minimum Gasteiger partial charge on any atom is -0.369 e. The molecule has 0 N–H and O–H groups in total. The van der Waals surface area contributed by atoms with Crippen molar-refractivity contribution in [3.8, 4) is 5.69 Å². The Morgan fingerprint density at radius 2 is 1.47 bits per heavy atom. The number of benzene rings is 2.